The molecule has 3 atom stereocenters. The van der Waals surface area contributed by atoms with Crippen molar-refractivity contribution in [2.24, 2.45) is 5.92 Å². The highest BCUT2D eigenvalue weighted by Gasteiger charge is 2.33. The van der Waals surface area contributed by atoms with E-state index in [1.165, 1.54) is 0 Å². The molecule has 7 heteroatoms. The Morgan fingerprint density at radius 3 is 2.78 bits per heavy atom. The van der Waals surface area contributed by atoms with E-state index in [1.54, 1.807) is 7.11 Å². The van der Waals surface area contributed by atoms with Gasteiger partial charge in [-0.25, -0.2) is 9.97 Å². The highest BCUT2D eigenvalue weighted by molar-refractivity contribution is 5.83. The molecule has 1 amide bonds. The van der Waals surface area contributed by atoms with Gasteiger partial charge in [0.05, 0.1) is 24.2 Å². The molecule has 2 heterocycles. The molecule has 0 spiro atoms. The van der Waals surface area contributed by atoms with Gasteiger partial charge in [0.15, 0.2) is 6.29 Å². The number of amides is 1. The van der Waals surface area contributed by atoms with E-state index in [0.29, 0.717) is 5.95 Å². The van der Waals surface area contributed by atoms with Crippen molar-refractivity contribution < 1.29 is 9.53 Å². The number of hydrogen-bond acceptors (Lipinski definition) is 6. The zero-order valence-corrected chi connectivity index (χ0v) is 16.5. The molecule has 1 saturated heterocycles. The summed E-state index contributed by atoms with van der Waals surface area (Å²) in [5.74, 6) is 1.34. The zero-order valence-electron chi connectivity index (χ0n) is 16.5. The summed E-state index contributed by atoms with van der Waals surface area (Å²) in [5.41, 5.74) is 1.69. The molecule has 2 aromatic rings. The Hall–Kier alpha value is -2.41. The molecule has 1 aliphatic rings. The van der Waals surface area contributed by atoms with Crippen LogP contribution in [0.1, 0.15) is 45.2 Å². The molecule has 146 valence electrons. The second-order valence-corrected chi connectivity index (χ2v) is 7.16. The van der Waals surface area contributed by atoms with Gasteiger partial charge in [0.2, 0.25) is 11.9 Å². The summed E-state index contributed by atoms with van der Waals surface area (Å²) < 4.78 is 5.27. The van der Waals surface area contributed by atoms with Crippen LogP contribution in [0, 0.1) is 12.8 Å². The summed E-state index contributed by atoms with van der Waals surface area (Å²) in [5, 5.41) is 10.6. The van der Waals surface area contributed by atoms with Crippen LogP contribution in [0.15, 0.2) is 18.2 Å². The van der Waals surface area contributed by atoms with Gasteiger partial charge in [-0.15, -0.1) is 0 Å². The van der Waals surface area contributed by atoms with Crippen molar-refractivity contribution in [2.45, 2.75) is 58.8 Å². The van der Waals surface area contributed by atoms with Crippen LogP contribution in [0.4, 0.5) is 5.95 Å². The van der Waals surface area contributed by atoms with E-state index < -0.39 is 0 Å². The number of anilines is 1. The first-order chi connectivity index (χ1) is 13.0. The zero-order chi connectivity index (χ0) is 19.4. The van der Waals surface area contributed by atoms with Crippen LogP contribution in [-0.4, -0.2) is 35.3 Å². The maximum absolute atomic E-state index is 12.5. The van der Waals surface area contributed by atoms with E-state index in [1.807, 2.05) is 25.1 Å². The van der Waals surface area contributed by atoms with Gasteiger partial charge < -0.3 is 15.4 Å². The van der Waals surface area contributed by atoms with Crippen molar-refractivity contribution in [1.29, 1.82) is 0 Å². The largest absolute Gasteiger partial charge is 0.497 e. The molecule has 0 saturated carbocycles. The number of aryl methyl sites for hydroxylation is 1. The Labute approximate surface area is 160 Å². The van der Waals surface area contributed by atoms with Crippen molar-refractivity contribution in [3.8, 4) is 5.75 Å². The SMILES string of the molecule is CCCCCC1C(=O)NC(Nc2nc(C)c3cc(OC)ccc3n2)NC1C. The summed E-state index contributed by atoms with van der Waals surface area (Å²) in [4.78, 5) is 21.6. The molecule has 1 aliphatic heterocycles. The minimum atomic E-state index is -0.384. The molecule has 1 aromatic heterocycles. The standard InChI is InChI=1S/C20H29N5O2/c1-5-6-7-8-15-12(2)21-20(24-18(15)26)25-19-22-13(3)16-11-14(27-4)9-10-17(16)23-19/h9-12,15,20-21H,5-8H2,1-4H3,(H,24,26)(H,22,23,25). The average Bonchev–Trinajstić information content (AvgIpc) is 2.64. The number of nitrogens with one attached hydrogen (secondary N) is 3. The van der Waals surface area contributed by atoms with Crippen LogP contribution >= 0.6 is 0 Å². The highest BCUT2D eigenvalue weighted by atomic mass is 16.5. The first-order valence-corrected chi connectivity index (χ1v) is 9.67. The van der Waals surface area contributed by atoms with E-state index in [0.717, 1.165) is 48.0 Å². The maximum atomic E-state index is 12.5. The molecule has 0 aliphatic carbocycles. The Kier molecular flexibility index (Phi) is 6.11. The van der Waals surface area contributed by atoms with Crippen LogP contribution in [0.25, 0.3) is 10.9 Å². The third-order valence-electron chi connectivity index (χ3n) is 5.14. The van der Waals surface area contributed by atoms with Crippen LogP contribution in [0.3, 0.4) is 0 Å². The Bertz CT molecular complexity index is 810. The number of carbonyl (C=O) groups is 1. The third kappa shape index (κ3) is 4.47. The number of unbranched alkanes of at least 4 members (excludes halogenated alkanes) is 2. The van der Waals surface area contributed by atoms with Crippen molar-refractivity contribution in [1.82, 2.24) is 20.6 Å². The fourth-order valence-electron chi connectivity index (χ4n) is 3.55. The molecule has 1 aromatic carbocycles. The van der Waals surface area contributed by atoms with E-state index in [2.05, 4.69) is 39.8 Å². The number of fused-ring (bicyclic) bond motifs is 1. The van der Waals surface area contributed by atoms with Gasteiger partial charge in [-0.3, -0.25) is 10.1 Å². The number of hydrogen-bond donors (Lipinski definition) is 3. The topological polar surface area (TPSA) is 88.2 Å². The van der Waals surface area contributed by atoms with E-state index >= 15 is 0 Å². The van der Waals surface area contributed by atoms with Gasteiger partial charge in [0.25, 0.3) is 0 Å². The highest BCUT2D eigenvalue weighted by Crippen LogP contribution is 2.23. The van der Waals surface area contributed by atoms with Gasteiger partial charge in [-0.05, 0) is 38.5 Å². The lowest BCUT2D eigenvalue weighted by Gasteiger charge is -2.36. The fraction of sp³-hybridized carbons (Fsp3) is 0.550. The molecule has 3 rings (SSSR count). The lowest BCUT2D eigenvalue weighted by atomic mass is 9.92. The molecule has 0 bridgehead atoms. The second-order valence-electron chi connectivity index (χ2n) is 7.16. The molecule has 27 heavy (non-hydrogen) atoms. The van der Waals surface area contributed by atoms with Crippen LogP contribution in [0.2, 0.25) is 0 Å². The molecule has 3 N–H and O–H groups in total. The predicted octanol–water partition coefficient (Wildman–Crippen LogP) is 2.95. The Morgan fingerprint density at radius 2 is 2.07 bits per heavy atom. The van der Waals surface area contributed by atoms with E-state index in [4.69, 9.17) is 4.74 Å². The lowest BCUT2D eigenvalue weighted by molar-refractivity contribution is -0.129. The maximum Gasteiger partial charge on any atom is 0.227 e. The van der Waals surface area contributed by atoms with Crippen molar-refractivity contribution in [2.75, 3.05) is 12.4 Å². The summed E-state index contributed by atoms with van der Waals surface area (Å²) in [6, 6.07) is 5.81. The Balaban J connectivity index is 1.70. The summed E-state index contributed by atoms with van der Waals surface area (Å²) in [6.45, 7) is 6.17. The fourth-order valence-corrected chi connectivity index (χ4v) is 3.55. The number of benzene rings is 1. The van der Waals surface area contributed by atoms with Crippen molar-refractivity contribution in [3.63, 3.8) is 0 Å². The van der Waals surface area contributed by atoms with Gasteiger partial charge in [0.1, 0.15) is 5.75 Å². The van der Waals surface area contributed by atoms with Crippen LogP contribution in [-0.2, 0) is 4.79 Å². The molecule has 7 nitrogen and oxygen atoms in total. The normalized spacial score (nSPS) is 22.5. The molecule has 3 unspecified atom stereocenters. The van der Waals surface area contributed by atoms with E-state index in [-0.39, 0.29) is 24.2 Å². The second kappa shape index (κ2) is 8.52. The van der Waals surface area contributed by atoms with Gasteiger partial charge in [-0.1, -0.05) is 26.2 Å². The van der Waals surface area contributed by atoms with Gasteiger partial charge >= 0.3 is 0 Å². The molecular weight excluding hydrogens is 342 g/mol. The summed E-state index contributed by atoms with van der Waals surface area (Å²) in [6.07, 6.45) is 3.92. The first kappa shape index (κ1) is 19.4. The Morgan fingerprint density at radius 1 is 1.26 bits per heavy atom. The lowest BCUT2D eigenvalue weighted by Crippen LogP contribution is -2.63. The van der Waals surface area contributed by atoms with E-state index in [9.17, 15) is 4.79 Å². The molecule has 0 radical (unpaired) electrons. The van der Waals surface area contributed by atoms with Crippen molar-refractivity contribution in [3.05, 3.63) is 23.9 Å². The van der Waals surface area contributed by atoms with Crippen LogP contribution in [0.5, 0.6) is 5.75 Å². The summed E-state index contributed by atoms with van der Waals surface area (Å²) in [7, 11) is 1.64. The monoisotopic (exact) mass is 371 g/mol. The number of ether oxygens (including phenoxy) is 1. The molecular formula is C20H29N5O2. The van der Waals surface area contributed by atoms with Gasteiger partial charge in [0, 0.05) is 11.4 Å². The summed E-state index contributed by atoms with van der Waals surface area (Å²) >= 11 is 0. The predicted molar refractivity (Wildman–Crippen MR) is 107 cm³/mol. The minimum absolute atomic E-state index is 0.00122. The van der Waals surface area contributed by atoms with Crippen molar-refractivity contribution >= 4 is 22.8 Å². The molecule has 1 fully saturated rings. The average molecular weight is 371 g/mol. The number of carbonyl (C=O) groups excluding carboxylic acids is 1. The number of nitrogens with zero attached hydrogens (tertiary/aromatic N) is 2. The number of methoxy groups -OCH3 is 1. The minimum Gasteiger partial charge on any atom is -0.497 e. The number of aromatic nitrogens is 2. The third-order valence-corrected chi connectivity index (χ3v) is 5.14. The van der Waals surface area contributed by atoms with Gasteiger partial charge in [-0.2, -0.15) is 0 Å². The number of rotatable bonds is 7. The quantitative estimate of drug-likeness (QED) is 0.649. The first-order valence-electron chi connectivity index (χ1n) is 9.67. The smallest absolute Gasteiger partial charge is 0.227 e. The van der Waals surface area contributed by atoms with Crippen LogP contribution < -0.4 is 20.7 Å².